The van der Waals surface area contributed by atoms with Crippen molar-refractivity contribution in [1.29, 1.82) is 0 Å². The first-order valence-electron chi connectivity index (χ1n) is 4.10. The Balaban J connectivity index is 3.47. The van der Waals surface area contributed by atoms with Crippen LogP contribution < -0.4 is 0 Å². The summed E-state index contributed by atoms with van der Waals surface area (Å²) >= 11 is 5.10. The van der Waals surface area contributed by atoms with Gasteiger partial charge in [-0.3, -0.25) is 0 Å². The Bertz CT molecular complexity index is 419. The molecule has 1 aromatic rings. The molecule has 0 amide bonds. The molecule has 96 valence electrons. The summed E-state index contributed by atoms with van der Waals surface area (Å²) in [5.74, 6) is -2.85. The van der Waals surface area contributed by atoms with Gasteiger partial charge in [0.15, 0.2) is 0 Å². The molecule has 0 saturated heterocycles. The Hall–Kier alpha value is -0.980. The van der Waals surface area contributed by atoms with Crippen molar-refractivity contribution in [3.63, 3.8) is 0 Å². The minimum absolute atomic E-state index is 0.193. The summed E-state index contributed by atoms with van der Waals surface area (Å²) in [5, 5.41) is 0. The quantitative estimate of drug-likeness (QED) is 0.521. The van der Waals surface area contributed by atoms with Crippen molar-refractivity contribution in [3.05, 3.63) is 34.6 Å². The summed E-state index contributed by atoms with van der Waals surface area (Å²) in [6.45, 7) is 0. The van der Waals surface area contributed by atoms with Gasteiger partial charge < -0.3 is 0 Å². The molecular formula is C9H4ClF7. The Morgan fingerprint density at radius 1 is 0.941 bits per heavy atom. The lowest BCUT2D eigenvalue weighted by molar-refractivity contribution is -0.143. The van der Waals surface area contributed by atoms with Crippen molar-refractivity contribution < 1.29 is 30.7 Å². The molecule has 0 atom stereocenters. The fourth-order valence-corrected chi connectivity index (χ4v) is 1.46. The van der Waals surface area contributed by atoms with Crippen LogP contribution in [0.15, 0.2) is 12.1 Å². The first-order valence-corrected chi connectivity index (χ1v) is 4.63. The number of rotatable bonds is 1. The normalized spacial score (nSPS) is 12.9. The molecule has 1 aromatic carbocycles. The summed E-state index contributed by atoms with van der Waals surface area (Å²) in [5.41, 5.74) is -4.20. The second kappa shape index (κ2) is 4.36. The number of alkyl halides is 7. The molecule has 0 aliphatic rings. The average Bonchev–Trinajstić information content (AvgIpc) is 2.12. The van der Waals surface area contributed by atoms with Crippen LogP contribution in [-0.2, 0) is 18.2 Å². The van der Waals surface area contributed by atoms with E-state index in [1.807, 2.05) is 0 Å². The van der Waals surface area contributed by atoms with E-state index in [1.165, 1.54) is 0 Å². The smallest absolute Gasteiger partial charge is 0.206 e. The third-order valence-corrected chi connectivity index (χ3v) is 2.21. The van der Waals surface area contributed by atoms with Crippen molar-refractivity contribution in [1.82, 2.24) is 0 Å². The van der Waals surface area contributed by atoms with Gasteiger partial charge in [0.1, 0.15) is 5.82 Å². The van der Waals surface area contributed by atoms with Gasteiger partial charge in [-0.15, -0.1) is 11.6 Å². The minimum Gasteiger partial charge on any atom is -0.206 e. The predicted molar refractivity (Wildman–Crippen MR) is 46.0 cm³/mol. The van der Waals surface area contributed by atoms with E-state index in [0.717, 1.165) is 0 Å². The number of halogens is 8. The molecule has 1 rings (SSSR count). The van der Waals surface area contributed by atoms with Crippen LogP contribution >= 0.6 is 11.6 Å². The second-order valence-electron chi connectivity index (χ2n) is 3.12. The number of hydrogen-bond donors (Lipinski definition) is 0. The van der Waals surface area contributed by atoms with Crippen LogP contribution in [0, 0.1) is 5.82 Å². The Labute approximate surface area is 96.0 Å². The SMILES string of the molecule is Fc1cc(C(F)(F)F)cc(CCl)c1C(F)(F)F. The van der Waals surface area contributed by atoms with Crippen LogP contribution in [0.3, 0.4) is 0 Å². The topological polar surface area (TPSA) is 0 Å². The molecule has 0 bridgehead atoms. The van der Waals surface area contributed by atoms with Crippen LogP contribution in [-0.4, -0.2) is 0 Å². The summed E-state index contributed by atoms with van der Waals surface area (Å²) in [4.78, 5) is 0. The summed E-state index contributed by atoms with van der Waals surface area (Å²) in [6.07, 6.45) is -10.0. The monoisotopic (exact) mass is 280 g/mol. The van der Waals surface area contributed by atoms with E-state index >= 15 is 0 Å². The maximum Gasteiger partial charge on any atom is 0.419 e. The largest absolute Gasteiger partial charge is 0.419 e. The molecule has 0 unspecified atom stereocenters. The van der Waals surface area contributed by atoms with Crippen LogP contribution in [0.1, 0.15) is 16.7 Å². The molecule has 0 spiro atoms. The second-order valence-corrected chi connectivity index (χ2v) is 3.39. The highest BCUT2D eigenvalue weighted by Crippen LogP contribution is 2.38. The zero-order valence-corrected chi connectivity index (χ0v) is 8.64. The fourth-order valence-electron chi connectivity index (χ4n) is 1.25. The van der Waals surface area contributed by atoms with Crippen molar-refractivity contribution in [3.8, 4) is 0 Å². The zero-order chi connectivity index (χ0) is 13.4. The van der Waals surface area contributed by atoms with Gasteiger partial charge in [-0.25, -0.2) is 4.39 Å². The van der Waals surface area contributed by atoms with Gasteiger partial charge in [-0.1, -0.05) is 0 Å². The van der Waals surface area contributed by atoms with E-state index in [0.29, 0.717) is 0 Å². The van der Waals surface area contributed by atoms with Gasteiger partial charge in [-0.2, -0.15) is 26.3 Å². The molecule has 0 radical (unpaired) electrons. The molecule has 0 fully saturated rings. The summed E-state index contributed by atoms with van der Waals surface area (Å²) < 4.78 is 86.7. The third kappa shape index (κ3) is 3.02. The van der Waals surface area contributed by atoms with Gasteiger partial charge in [0.2, 0.25) is 0 Å². The Morgan fingerprint density at radius 2 is 1.47 bits per heavy atom. The first-order chi connectivity index (χ1) is 7.57. The van der Waals surface area contributed by atoms with E-state index in [4.69, 9.17) is 11.6 Å². The predicted octanol–water partition coefficient (Wildman–Crippen LogP) is 4.60. The molecule has 8 heteroatoms. The minimum atomic E-state index is -5.08. The molecule has 0 aliphatic carbocycles. The van der Waals surface area contributed by atoms with Crippen LogP contribution in [0.2, 0.25) is 0 Å². The summed E-state index contributed by atoms with van der Waals surface area (Å²) in [7, 11) is 0. The molecule has 0 aromatic heterocycles. The lowest BCUT2D eigenvalue weighted by atomic mass is 10.0. The van der Waals surface area contributed by atoms with E-state index in [-0.39, 0.29) is 12.1 Å². The summed E-state index contributed by atoms with van der Waals surface area (Å²) in [6, 6.07) is -0.00221. The van der Waals surface area contributed by atoms with Crippen molar-refractivity contribution in [2.45, 2.75) is 18.2 Å². The first kappa shape index (κ1) is 14.1. The highest BCUT2D eigenvalue weighted by Gasteiger charge is 2.40. The van der Waals surface area contributed by atoms with Gasteiger partial charge in [0.05, 0.1) is 11.1 Å². The molecule has 17 heavy (non-hydrogen) atoms. The molecule has 0 heterocycles. The van der Waals surface area contributed by atoms with Gasteiger partial charge in [0.25, 0.3) is 0 Å². The molecular weight excluding hydrogens is 277 g/mol. The maximum absolute atomic E-state index is 13.0. The van der Waals surface area contributed by atoms with E-state index in [9.17, 15) is 30.7 Å². The highest BCUT2D eigenvalue weighted by molar-refractivity contribution is 6.17. The zero-order valence-electron chi connectivity index (χ0n) is 7.89. The van der Waals surface area contributed by atoms with Crippen molar-refractivity contribution >= 4 is 11.6 Å². The molecule has 0 N–H and O–H groups in total. The van der Waals surface area contributed by atoms with Gasteiger partial charge in [-0.05, 0) is 17.7 Å². The number of hydrogen-bond acceptors (Lipinski definition) is 0. The van der Waals surface area contributed by atoms with E-state index < -0.39 is 40.7 Å². The third-order valence-electron chi connectivity index (χ3n) is 1.93. The maximum atomic E-state index is 13.0. The molecule has 0 aliphatic heterocycles. The lowest BCUT2D eigenvalue weighted by Gasteiger charge is -2.15. The van der Waals surface area contributed by atoms with E-state index in [2.05, 4.69) is 0 Å². The van der Waals surface area contributed by atoms with Gasteiger partial charge in [0, 0.05) is 5.88 Å². The number of benzene rings is 1. The average molecular weight is 281 g/mol. The highest BCUT2D eigenvalue weighted by atomic mass is 35.5. The van der Waals surface area contributed by atoms with Crippen molar-refractivity contribution in [2.75, 3.05) is 0 Å². The Kier molecular flexibility index (Phi) is 3.61. The Morgan fingerprint density at radius 3 is 1.82 bits per heavy atom. The molecule has 0 nitrogen and oxygen atoms in total. The standard InChI is InChI=1S/C9H4ClF7/c10-3-4-1-5(8(12,13)14)2-6(11)7(4)9(15,16)17/h1-2H,3H2. The fraction of sp³-hybridized carbons (Fsp3) is 0.333. The van der Waals surface area contributed by atoms with Crippen LogP contribution in [0.4, 0.5) is 30.7 Å². The lowest BCUT2D eigenvalue weighted by Crippen LogP contribution is -2.15. The van der Waals surface area contributed by atoms with Crippen molar-refractivity contribution in [2.24, 2.45) is 0 Å². The van der Waals surface area contributed by atoms with Gasteiger partial charge >= 0.3 is 12.4 Å². The van der Waals surface area contributed by atoms with Crippen LogP contribution in [0.5, 0.6) is 0 Å². The van der Waals surface area contributed by atoms with Crippen LogP contribution in [0.25, 0.3) is 0 Å². The molecule has 0 saturated carbocycles. The van der Waals surface area contributed by atoms with E-state index in [1.54, 1.807) is 0 Å².